The van der Waals surface area contributed by atoms with E-state index in [9.17, 15) is 8.42 Å². The van der Waals surface area contributed by atoms with Gasteiger partial charge >= 0.3 is 0 Å². The second-order valence-corrected chi connectivity index (χ2v) is 9.83. The fourth-order valence-electron chi connectivity index (χ4n) is 3.29. The maximum Gasteiger partial charge on any atom is 0.264 e. The third kappa shape index (κ3) is 6.72. The highest BCUT2D eigenvalue weighted by atomic mass is 32.2. The summed E-state index contributed by atoms with van der Waals surface area (Å²) in [6.07, 6.45) is 4.92. The molecule has 0 spiro atoms. The zero-order valence-corrected chi connectivity index (χ0v) is 20.6. The van der Waals surface area contributed by atoms with Crippen LogP contribution in [0.15, 0.2) is 71.9 Å². The minimum absolute atomic E-state index is 0.0212. The van der Waals surface area contributed by atoms with Crippen molar-refractivity contribution in [3.8, 4) is 0 Å². The molecule has 0 bridgehead atoms. The summed E-state index contributed by atoms with van der Waals surface area (Å²) in [6.45, 7) is 6.52. The predicted octanol–water partition coefficient (Wildman–Crippen LogP) is 5.23. The zero-order chi connectivity index (χ0) is 23.8. The summed E-state index contributed by atoms with van der Waals surface area (Å²) in [5, 5.41) is 6.94. The summed E-state index contributed by atoms with van der Waals surface area (Å²) < 4.78 is 27.4. The summed E-state index contributed by atoms with van der Waals surface area (Å²) in [4.78, 5) is 7.87. The van der Waals surface area contributed by atoms with Gasteiger partial charge in [-0.3, -0.25) is 0 Å². The van der Waals surface area contributed by atoms with E-state index >= 15 is 0 Å². The van der Waals surface area contributed by atoms with Gasteiger partial charge in [-0.05, 0) is 72.4 Å². The van der Waals surface area contributed by atoms with Crippen molar-refractivity contribution in [3.63, 3.8) is 0 Å². The van der Waals surface area contributed by atoms with Gasteiger partial charge in [0.15, 0.2) is 5.11 Å². The fraction of sp³-hybridized carbons (Fsp3) is 0.292. The van der Waals surface area contributed by atoms with Gasteiger partial charge in [-0.1, -0.05) is 45.0 Å². The minimum Gasteiger partial charge on any atom is -0.356 e. The molecule has 0 unspecified atom stereocenters. The molecular formula is C24H29N5O2S2. The molecule has 3 rings (SSSR count). The van der Waals surface area contributed by atoms with E-state index in [1.54, 1.807) is 18.2 Å². The average Bonchev–Trinajstić information content (AvgIpc) is 2.83. The van der Waals surface area contributed by atoms with E-state index in [2.05, 4.69) is 70.4 Å². The Morgan fingerprint density at radius 2 is 1.55 bits per heavy atom. The molecule has 9 heteroatoms. The van der Waals surface area contributed by atoms with Gasteiger partial charge in [0.1, 0.15) is 0 Å². The standard InChI is InChI=1S/C24H29N5O2S2/c1-4-17(3)18-7-9-19(10-8-18)22(5-2)28-24(32)27-20-11-13-21(14-12-20)33(30,31)29-23-25-15-6-16-26-23/h6-17,22H,4-5H2,1-3H3,(H,25,26,29)(H2,27,28,32)/t17-,22+/m1/s1. The first-order valence-electron chi connectivity index (χ1n) is 10.9. The molecule has 0 saturated heterocycles. The predicted molar refractivity (Wildman–Crippen MR) is 137 cm³/mol. The number of nitrogens with one attached hydrogen (secondary N) is 3. The number of thiocarbonyl (C=S) groups is 1. The zero-order valence-electron chi connectivity index (χ0n) is 18.9. The van der Waals surface area contributed by atoms with E-state index in [1.165, 1.54) is 35.7 Å². The van der Waals surface area contributed by atoms with Crippen LogP contribution in [0, 0.1) is 0 Å². The van der Waals surface area contributed by atoms with Crippen molar-refractivity contribution in [2.75, 3.05) is 10.0 Å². The minimum atomic E-state index is -3.78. The highest BCUT2D eigenvalue weighted by molar-refractivity contribution is 7.92. The molecular weight excluding hydrogens is 454 g/mol. The quantitative estimate of drug-likeness (QED) is 0.359. The Kier molecular flexibility index (Phi) is 8.35. The monoisotopic (exact) mass is 483 g/mol. The number of anilines is 2. The molecule has 0 radical (unpaired) electrons. The third-order valence-electron chi connectivity index (χ3n) is 5.45. The van der Waals surface area contributed by atoms with Crippen LogP contribution >= 0.6 is 12.2 Å². The molecule has 3 N–H and O–H groups in total. The number of nitrogens with zero attached hydrogens (tertiary/aromatic N) is 2. The lowest BCUT2D eigenvalue weighted by Crippen LogP contribution is -2.32. The lowest BCUT2D eigenvalue weighted by Gasteiger charge is -2.21. The van der Waals surface area contributed by atoms with Gasteiger partial charge in [-0.15, -0.1) is 0 Å². The Bertz CT molecular complexity index is 1150. The number of hydrogen-bond donors (Lipinski definition) is 3. The fourth-order valence-corrected chi connectivity index (χ4v) is 4.51. The van der Waals surface area contributed by atoms with Crippen LogP contribution in [0.25, 0.3) is 0 Å². The van der Waals surface area contributed by atoms with Crippen molar-refractivity contribution < 1.29 is 8.42 Å². The molecule has 174 valence electrons. The van der Waals surface area contributed by atoms with Gasteiger partial charge in [0.2, 0.25) is 5.95 Å². The molecule has 1 aromatic heterocycles. The lowest BCUT2D eigenvalue weighted by atomic mass is 9.95. The smallest absolute Gasteiger partial charge is 0.264 e. The molecule has 7 nitrogen and oxygen atoms in total. The van der Waals surface area contributed by atoms with E-state index in [0.717, 1.165) is 12.8 Å². The van der Waals surface area contributed by atoms with E-state index in [4.69, 9.17) is 12.2 Å². The topological polar surface area (TPSA) is 96.0 Å². The second-order valence-electron chi connectivity index (χ2n) is 7.74. The molecule has 0 saturated carbocycles. The molecule has 2 atom stereocenters. The molecule has 3 aromatic rings. The van der Waals surface area contributed by atoms with Gasteiger partial charge in [-0.2, -0.15) is 0 Å². The van der Waals surface area contributed by atoms with Crippen LogP contribution < -0.4 is 15.4 Å². The number of sulfonamides is 1. The van der Waals surface area contributed by atoms with Crippen molar-refractivity contribution in [2.45, 2.75) is 50.5 Å². The van der Waals surface area contributed by atoms with Crippen molar-refractivity contribution in [1.82, 2.24) is 15.3 Å². The molecule has 33 heavy (non-hydrogen) atoms. The maximum absolute atomic E-state index is 12.5. The largest absolute Gasteiger partial charge is 0.356 e. The van der Waals surface area contributed by atoms with Crippen LogP contribution in [0.4, 0.5) is 11.6 Å². The summed E-state index contributed by atoms with van der Waals surface area (Å²) in [7, 11) is -3.78. The Hall–Kier alpha value is -3.04. The molecule has 0 aliphatic carbocycles. The van der Waals surface area contributed by atoms with Crippen molar-refractivity contribution in [2.24, 2.45) is 0 Å². The molecule has 0 fully saturated rings. The summed E-state index contributed by atoms with van der Waals surface area (Å²) in [5.41, 5.74) is 3.19. The van der Waals surface area contributed by atoms with Gasteiger partial charge < -0.3 is 10.6 Å². The second kappa shape index (κ2) is 11.2. The Balaban J connectivity index is 1.61. The Morgan fingerprint density at radius 1 is 0.939 bits per heavy atom. The van der Waals surface area contributed by atoms with Gasteiger partial charge in [0.25, 0.3) is 10.0 Å². The van der Waals surface area contributed by atoms with Crippen molar-refractivity contribution in [1.29, 1.82) is 0 Å². The first-order chi connectivity index (χ1) is 15.8. The number of rotatable bonds is 9. The number of benzene rings is 2. The summed E-state index contributed by atoms with van der Waals surface area (Å²) in [6, 6.07) is 16.7. The Labute approximate surface area is 201 Å². The van der Waals surface area contributed by atoms with Crippen molar-refractivity contribution in [3.05, 3.63) is 78.1 Å². The van der Waals surface area contributed by atoms with E-state index in [1.807, 2.05) is 0 Å². The highest BCUT2D eigenvalue weighted by Crippen LogP contribution is 2.23. The maximum atomic E-state index is 12.5. The first-order valence-corrected chi connectivity index (χ1v) is 12.8. The lowest BCUT2D eigenvalue weighted by molar-refractivity contribution is 0.601. The molecule has 0 aliphatic rings. The van der Waals surface area contributed by atoms with Gasteiger partial charge in [0.05, 0.1) is 10.9 Å². The van der Waals surface area contributed by atoms with Crippen LogP contribution in [0.3, 0.4) is 0 Å². The van der Waals surface area contributed by atoms with Crippen LogP contribution in [0.5, 0.6) is 0 Å². The number of hydrogen-bond acceptors (Lipinski definition) is 5. The van der Waals surface area contributed by atoms with E-state index in [-0.39, 0.29) is 16.9 Å². The first kappa shape index (κ1) is 24.6. The highest BCUT2D eigenvalue weighted by Gasteiger charge is 2.16. The van der Waals surface area contributed by atoms with Gasteiger partial charge in [-0.25, -0.2) is 23.1 Å². The van der Waals surface area contributed by atoms with Gasteiger partial charge in [0, 0.05) is 18.1 Å². The third-order valence-corrected chi connectivity index (χ3v) is 7.01. The van der Waals surface area contributed by atoms with Crippen LogP contribution in [-0.2, 0) is 10.0 Å². The summed E-state index contributed by atoms with van der Waals surface area (Å²) in [5.74, 6) is 0.560. The Morgan fingerprint density at radius 3 is 2.12 bits per heavy atom. The van der Waals surface area contributed by atoms with E-state index in [0.29, 0.717) is 16.7 Å². The normalized spacial score (nSPS) is 13.1. The molecule has 0 aliphatic heterocycles. The number of aromatic nitrogens is 2. The van der Waals surface area contributed by atoms with Crippen LogP contribution in [-0.4, -0.2) is 23.5 Å². The molecule has 0 amide bonds. The van der Waals surface area contributed by atoms with Crippen molar-refractivity contribution >= 4 is 39.0 Å². The molecule has 1 heterocycles. The average molecular weight is 484 g/mol. The summed E-state index contributed by atoms with van der Waals surface area (Å²) >= 11 is 5.49. The van der Waals surface area contributed by atoms with Crippen LogP contribution in [0.1, 0.15) is 56.7 Å². The van der Waals surface area contributed by atoms with E-state index < -0.39 is 10.0 Å². The van der Waals surface area contributed by atoms with Crippen LogP contribution in [0.2, 0.25) is 0 Å². The SMILES string of the molecule is CC[C@@H](C)c1ccc([C@H](CC)NC(=S)Nc2ccc(S(=O)(=O)Nc3ncccn3)cc2)cc1. The molecule has 2 aromatic carbocycles.